The molecule has 1 aromatic rings. The third kappa shape index (κ3) is 3.26. The van der Waals surface area contributed by atoms with Crippen LogP contribution in [0, 0.1) is 5.92 Å². The van der Waals surface area contributed by atoms with Gasteiger partial charge in [-0.15, -0.1) is 0 Å². The van der Waals surface area contributed by atoms with E-state index in [-0.39, 0.29) is 11.8 Å². The lowest BCUT2D eigenvalue weighted by Gasteiger charge is -2.13. The van der Waals surface area contributed by atoms with Crippen LogP contribution in [0.1, 0.15) is 32.3 Å². The van der Waals surface area contributed by atoms with Crippen LogP contribution >= 0.6 is 0 Å². The Labute approximate surface area is 97.0 Å². The minimum Gasteiger partial charge on any atom is -0.398 e. The molecule has 0 bridgehead atoms. The van der Waals surface area contributed by atoms with Gasteiger partial charge in [0.25, 0.3) is 0 Å². The van der Waals surface area contributed by atoms with Gasteiger partial charge in [-0.25, -0.2) is 0 Å². The summed E-state index contributed by atoms with van der Waals surface area (Å²) in [6.45, 7) is 4.58. The van der Waals surface area contributed by atoms with Gasteiger partial charge in [-0.05, 0) is 24.5 Å². The molecule has 0 unspecified atom stereocenters. The van der Waals surface area contributed by atoms with Crippen molar-refractivity contribution in [3.63, 3.8) is 0 Å². The van der Waals surface area contributed by atoms with E-state index in [2.05, 4.69) is 5.32 Å². The van der Waals surface area contributed by atoms with Crippen LogP contribution in [0.3, 0.4) is 0 Å². The maximum atomic E-state index is 11.7. The van der Waals surface area contributed by atoms with Crippen molar-refractivity contribution < 1.29 is 4.79 Å². The first-order valence-corrected chi connectivity index (χ1v) is 5.80. The third-order valence-electron chi connectivity index (χ3n) is 2.86. The summed E-state index contributed by atoms with van der Waals surface area (Å²) in [5.41, 5.74) is 7.50. The summed E-state index contributed by atoms with van der Waals surface area (Å²) >= 11 is 0. The second-order valence-corrected chi connectivity index (χ2v) is 3.93. The Morgan fingerprint density at radius 1 is 1.31 bits per heavy atom. The first-order valence-electron chi connectivity index (χ1n) is 5.80. The van der Waals surface area contributed by atoms with E-state index in [4.69, 9.17) is 5.73 Å². The van der Waals surface area contributed by atoms with Gasteiger partial charge in [0.2, 0.25) is 5.91 Å². The third-order valence-corrected chi connectivity index (χ3v) is 2.86. The Balaban J connectivity index is 2.52. The average molecular weight is 220 g/mol. The van der Waals surface area contributed by atoms with E-state index in [9.17, 15) is 4.79 Å². The number of carbonyl (C=O) groups is 1. The van der Waals surface area contributed by atoms with Gasteiger partial charge in [0.1, 0.15) is 0 Å². The highest BCUT2D eigenvalue weighted by atomic mass is 16.1. The molecule has 0 atom stereocenters. The SMILES string of the molecule is CCC(CC)C(=O)NCc1ccccc1N. The maximum Gasteiger partial charge on any atom is 0.223 e. The molecule has 0 saturated carbocycles. The normalized spacial score (nSPS) is 10.4. The first kappa shape index (κ1) is 12.6. The zero-order chi connectivity index (χ0) is 12.0. The van der Waals surface area contributed by atoms with Crippen LogP contribution in [0.4, 0.5) is 5.69 Å². The van der Waals surface area contributed by atoms with Crippen molar-refractivity contribution >= 4 is 11.6 Å². The summed E-state index contributed by atoms with van der Waals surface area (Å²) < 4.78 is 0. The van der Waals surface area contributed by atoms with Gasteiger partial charge in [0.15, 0.2) is 0 Å². The van der Waals surface area contributed by atoms with E-state index in [0.29, 0.717) is 6.54 Å². The zero-order valence-corrected chi connectivity index (χ0v) is 9.99. The largest absolute Gasteiger partial charge is 0.398 e. The van der Waals surface area contributed by atoms with E-state index >= 15 is 0 Å². The lowest BCUT2D eigenvalue weighted by molar-refractivity contribution is -0.125. The molecular weight excluding hydrogens is 200 g/mol. The number of nitrogen functional groups attached to an aromatic ring is 1. The van der Waals surface area contributed by atoms with Gasteiger partial charge in [-0.3, -0.25) is 4.79 Å². The number of anilines is 1. The molecule has 0 spiro atoms. The van der Waals surface area contributed by atoms with Crippen molar-refractivity contribution in [3.8, 4) is 0 Å². The molecule has 88 valence electrons. The summed E-state index contributed by atoms with van der Waals surface area (Å²) in [4.78, 5) is 11.7. The zero-order valence-electron chi connectivity index (χ0n) is 9.99. The minimum absolute atomic E-state index is 0.116. The van der Waals surface area contributed by atoms with Crippen molar-refractivity contribution in [2.75, 3.05) is 5.73 Å². The predicted octanol–water partition coefficient (Wildman–Crippen LogP) is 2.32. The van der Waals surface area contributed by atoms with Crippen LogP contribution in [0.15, 0.2) is 24.3 Å². The average Bonchev–Trinajstić information content (AvgIpc) is 2.29. The number of amides is 1. The molecule has 0 aromatic heterocycles. The number of hydrogen-bond acceptors (Lipinski definition) is 2. The Morgan fingerprint density at radius 3 is 2.50 bits per heavy atom. The van der Waals surface area contributed by atoms with E-state index in [1.54, 1.807) is 0 Å². The Bertz CT molecular complexity index is 346. The monoisotopic (exact) mass is 220 g/mol. The molecule has 0 aliphatic heterocycles. The minimum atomic E-state index is 0.116. The Morgan fingerprint density at radius 2 is 1.94 bits per heavy atom. The first-order chi connectivity index (χ1) is 7.69. The summed E-state index contributed by atoms with van der Waals surface area (Å²) in [6.07, 6.45) is 1.76. The molecule has 3 nitrogen and oxygen atoms in total. The highest BCUT2D eigenvalue weighted by Gasteiger charge is 2.13. The molecule has 0 radical (unpaired) electrons. The summed E-state index contributed by atoms with van der Waals surface area (Å²) in [6, 6.07) is 7.59. The standard InChI is InChI=1S/C13H20N2O/c1-3-10(4-2)13(16)15-9-11-7-5-6-8-12(11)14/h5-8,10H,3-4,9,14H2,1-2H3,(H,15,16). The van der Waals surface area contributed by atoms with Crippen molar-refractivity contribution in [2.24, 2.45) is 5.92 Å². The van der Waals surface area contributed by atoms with Crippen LogP contribution in [0.2, 0.25) is 0 Å². The second-order valence-electron chi connectivity index (χ2n) is 3.93. The van der Waals surface area contributed by atoms with E-state index in [1.807, 2.05) is 38.1 Å². The fourth-order valence-corrected chi connectivity index (χ4v) is 1.68. The fraction of sp³-hybridized carbons (Fsp3) is 0.462. The number of hydrogen-bond donors (Lipinski definition) is 2. The Hall–Kier alpha value is -1.51. The van der Waals surface area contributed by atoms with E-state index in [0.717, 1.165) is 24.1 Å². The molecule has 0 aliphatic carbocycles. The topological polar surface area (TPSA) is 55.1 Å². The number of rotatable bonds is 5. The van der Waals surface area contributed by atoms with Gasteiger partial charge in [-0.1, -0.05) is 32.0 Å². The molecule has 0 heterocycles. The quantitative estimate of drug-likeness (QED) is 0.748. The van der Waals surface area contributed by atoms with Crippen molar-refractivity contribution in [3.05, 3.63) is 29.8 Å². The predicted molar refractivity (Wildman–Crippen MR) is 66.8 cm³/mol. The van der Waals surface area contributed by atoms with Crippen LogP contribution in [0.5, 0.6) is 0 Å². The molecule has 3 N–H and O–H groups in total. The number of benzene rings is 1. The van der Waals surface area contributed by atoms with Crippen LogP contribution < -0.4 is 11.1 Å². The smallest absolute Gasteiger partial charge is 0.223 e. The molecule has 1 amide bonds. The summed E-state index contributed by atoms with van der Waals surface area (Å²) in [5, 5.41) is 2.92. The van der Waals surface area contributed by atoms with Gasteiger partial charge < -0.3 is 11.1 Å². The van der Waals surface area contributed by atoms with Crippen LogP contribution in [-0.2, 0) is 11.3 Å². The van der Waals surface area contributed by atoms with Crippen LogP contribution in [-0.4, -0.2) is 5.91 Å². The van der Waals surface area contributed by atoms with E-state index in [1.165, 1.54) is 0 Å². The number of para-hydroxylation sites is 1. The Kier molecular flexibility index (Phi) is 4.83. The highest BCUT2D eigenvalue weighted by molar-refractivity contribution is 5.78. The summed E-state index contributed by atoms with van der Waals surface area (Å²) in [7, 11) is 0. The van der Waals surface area contributed by atoms with Crippen molar-refractivity contribution in [1.29, 1.82) is 0 Å². The molecule has 16 heavy (non-hydrogen) atoms. The van der Waals surface area contributed by atoms with Gasteiger partial charge in [0.05, 0.1) is 0 Å². The fourth-order valence-electron chi connectivity index (χ4n) is 1.68. The lowest BCUT2D eigenvalue weighted by atomic mass is 10.0. The second kappa shape index (κ2) is 6.16. The van der Waals surface area contributed by atoms with Gasteiger partial charge in [0, 0.05) is 18.2 Å². The molecular formula is C13H20N2O. The number of nitrogens with two attached hydrogens (primary N) is 1. The van der Waals surface area contributed by atoms with Crippen molar-refractivity contribution in [1.82, 2.24) is 5.32 Å². The summed E-state index contributed by atoms with van der Waals surface area (Å²) in [5.74, 6) is 0.234. The maximum absolute atomic E-state index is 11.7. The molecule has 0 saturated heterocycles. The molecule has 0 aliphatic rings. The molecule has 1 aromatic carbocycles. The van der Waals surface area contributed by atoms with Crippen molar-refractivity contribution in [2.45, 2.75) is 33.2 Å². The van der Waals surface area contributed by atoms with E-state index < -0.39 is 0 Å². The molecule has 3 heteroatoms. The number of carbonyl (C=O) groups excluding carboxylic acids is 1. The highest BCUT2D eigenvalue weighted by Crippen LogP contribution is 2.11. The van der Waals surface area contributed by atoms with Gasteiger partial charge in [-0.2, -0.15) is 0 Å². The molecule has 0 fully saturated rings. The van der Waals surface area contributed by atoms with Crippen LogP contribution in [0.25, 0.3) is 0 Å². The number of nitrogens with one attached hydrogen (secondary N) is 1. The molecule has 1 rings (SSSR count). The lowest BCUT2D eigenvalue weighted by Crippen LogP contribution is -2.29. The van der Waals surface area contributed by atoms with Gasteiger partial charge >= 0.3 is 0 Å².